The molecule has 3 aliphatic rings. The minimum Gasteiger partial charge on any atom is -0.369 e. The molecule has 2 heterocycles. The summed E-state index contributed by atoms with van der Waals surface area (Å²) < 4.78 is 13.2. The molecule has 6 heteroatoms. The Morgan fingerprint density at radius 2 is 1.33 bits per heavy atom. The molecule has 0 bridgehead atoms. The lowest BCUT2D eigenvalue weighted by atomic mass is 9.77. The Labute approximate surface area is 192 Å². The summed E-state index contributed by atoms with van der Waals surface area (Å²) >= 11 is 0. The van der Waals surface area contributed by atoms with Gasteiger partial charge in [-0.2, -0.15) is 0 Å². The van der Waals surface area contributed by atoms with Crippen LogP contribution >= 0.6 is 0 Å². The lowest BCUT2D eigenvalue weighted by Gasteiger charge is -2.37. The Bertz CT molecular complexity index is 1200. The molecule has 0 atom stereocenters. The fraction of sp³-hybridized carbons (Fsp3) is 0.259. The number of anilines is 1. The van der Waals surface area contributed by atoms with Gasteiger partial charge in [-0.1, -0.05) is 48.5 Å². The minimum atomic E-state index is -0.916. The largest absolute Gasteiger partial charge is 0.369 e. The second-order valence-electron chi connectivity index (χ2n) is 9.02. The molecule has 2 amide bonds. The SMILES string of the molecule is O=C1CC2(C(=O)N1CN1CCN(c3ccc(F)cc3)CC1)c1ccccc1-c1ccccc12. The van der Waals surface area contributed by atoms with Crippen LogP contribution in [0.1, 0.15) is 17.5 Å². The smallest absolute Gasteiger partial charge is 0.245 e. The molecule has 0 N–H and O–H groups in total. The molecule has 1 aliphatic carbocycles. The molecule has 3 aromatic carbocycles. The van der Waals surface area contributed by atoms with Crippen LogP contribution in [0.15, 0.2) is 72.8 Å². The number of nitrogens with zero attached hydrogens (tertiary/aromatic N) is 3. The Kier molecular flexibility index (Phi) is 4.59. The van der Waals surface area contributed by atoms with E-state index in [9.17, 15) is 14.0 Å². The van der Waals surface area contributed by atoms with Gasteiger partial charge >= 0.3 is 0 Å². The number of imide groups is 1. The third-order valence-electron chi connectivity index (χ3n) is 7.30. The quantitative estimate of drug-likeness (QED) is 0.583. The van der Waals surface area contributed by atoms with Crippen molar-refractivity contribution in [1.82, 2.24) is 9.80 Å². The van der Waals surface area contributed by atoms with Crippen molar-refractivity contribution in [3.8, 4) is 11.1 Å². The fourth-order valence-corrected chi connectivity index (χ4v) is 5.63. The van der Waals surface area contributed by atoms with E-state index < -0.39 is 5.41 Å². The van der Waals surface area contributed by atoms with Gasteiger partial charge in [-0.25, -0.2) is 4.39 Å². The maximum atomic E-state index is 13.9. The molecule has 2 saturated heterocycles. The molecule has 2 aliphatic heterocycles. The summed E-state index contributed by atoms with van der Waals surface area (Å²) in [4.78, 5) is 32.9. The zero-order valence-electron chi connectivity index (χ0n) is 18.2. The highest BCUT2D eigenvalue weighted by Gasteiger charge is 2.58. The van der Waals surface area contributed by atoms with Crippen molar-refractivity contribution in [2.24, 2.45) is 0 Å². The molecule has 0 radical (unpaired) electrons. The molecule has 0 aromatic heterocycles. The third-order valence-corrected chi connectivity index (χ3v) is 7.30. The predicted octanol–water partition coefficient (Wildman–Crippen LogP) is 3.63. The summed E-state index contributed by atoms with van der Waals surface area (Å²) in [6.07, 6.45) is 0.176. The lowest BCUT2D eigenvalue weighted by molar-refractivity contribution is -0.142. The molecule has 2 fully saturated rings. The van der Waals surface area contributed by atoms with Crippen molar-refractivity contribution in [1.29, 1.82) is 0 Å². The summed E-state index contributed by atoms with van der Waals surface area (Å²) in [5.74, 6) is -0.481. The van der Waals surface area contributed by atoms with E-state index in [4.69, 9.17) is 0 Å². The van der Waals surface area contributed by atoms with Gasteiger partial charge in [0.15, 0.2) is 0 Å². The van der Waals surface area contributed by atoms with Gasteiger partial charge in [-0.15, -0.1) is 0 Å². The Hall–Kier alpha value is -3.51. The first-order valence-electron chi connectivity index (χ1n) is 11.3. The maximum absolute atomic E-state index is 13.9. The van der Waals surface area contributed by atoms with E-state index in [1.807, 2.05) is 48.5 Å². The van der Waals surface area contributed by atoms with Gasteiger partial charge in [0.05, 0.1) is 6.67 Å². The van der Waals surface area contributed by atoms with Gasteiger partial charge in [0.25, 0.3) is 0 Å². The van der Waals surface area contributed by atoms with Crippen LogP contribution in [-0.2, 0) is 15.0 Å². The molecule has 0 saturated carbocycles. The van der Waals surface area contributed by atoms with Gasteiger partial charge in [0.1, 0.15) is 11.2 Å². The molecular formula is C27H24FN3O2. The summed E-state index contributed by atoms with van der Waals surface area (Å²) in [6.45, 7) is 3.29. The van der Waals surface area contributed by atoms with Crippen molar-refractivity contribution in [2.75, 3.05) is 37.7 Å². The second-order valence-corrected chi connectivity index (χ2v) is 9.02. The molecular weight excluding hydrogens is 417 g/mol. The number of benzene rings is 3. The predicted molar refractivity (Wildman–Crippen MR) is 124 cm³/mol. The lowest BCUT2D eigenvalue weighted by Crippen LogP contribution is -2.52. The Morgan fingerprint density at radius 1 is 0.758 bits per heavy atom. The molecule has 1 spiro atoms. The van der Waals surface area contributed by atoms with Crippen LogP contribution in [0.3, 0.4) is 0 Å². The molecule has 6 rings (SSSR count). The number of carbonyl (C=O) groups excluding carboxylic acids is 2. The molecule has 0 unspecified atom stereocenters. The number of fused-ring (bicyclic) bond motifs is 5. The van der Waals surface area contributed by atoms with Gasteiger partial charge in [0.2, 0.25) is 11.8 Å². The van der Waals surface area contributed by atoms with Crippen molar-refractivity contribution < 1.29 is 14.0 Å². The zero-order chi connectivity index (χ0) is 22.6. The van der Waals surface area contributed by atoms with E-state index in [1.165, 1.54) is 17.0 Å². The van der Waals surface area contributed by atoms with Crippen molar-refractivity contribution in [2.45, 2.75) is 11.8 Å². The number of carbonyl (C=O) groups is 2. The number of piperazine rings is 1. The highest BCUT2D eigenvalue weighted by atomic mass is 19.1. The third kappa shape index (κ3) is 3.01. The highest BCUT2D eigenvalue weighted by molar-refractivity contribution is 6.14. The van der Waals surface area contributed by atoms with Crippen molar-refractivity contribution in [3.05, 3.63) is 89.7 Å². The van der Waals surface area contributed by atoms with Crippen LogP contribution in [0, 0.1) is 5.82 Å². The van der Waals surface area contributed by atoms with E-state index in [0.717, 1.165) is 54.1 Å². The monoisotopic (exact) mass is 441 g/mol. The van der Waals surface area contributed by atoms with Crippen LogP contribution in [0.4, 0.5) is 10.1 Å². The normalized spacial score (nSPS) is 19.3. The average Bonchev–Trinajstić information content (AvgIpc) is 3.27. The molecule has 3 aromatic rings. The molecule has 33 heavy (non-hydrogen) atoms. The number of amides is 2. The van der Waals surface area contributed by atoms with E-state index in [2.05, 4.69) is 9.80 Å². The van der Waals surface area contributed by atoms with Crippen molar-refractivity contribution >= 4 is 17.5 Å². The van der Waals surface area contributed by atoms with Crippen LogP contribution in [0.25, 0.3) is 11.1 Å². The van der Waals surface area contributed by atoms with E-state index >= 15 is 0 Å². The summed E-state index contributed by atoms with van der Waals surface area (Å²) in [5.41, 5.74) is 4.04. The van der Waals surface area contributed by atoms with Crippen molar-refractivity contribution in [3.63, 3.8) is 0 Å². The standard InChI is InChI=1S/C27H24FN3O2/c28-19-9-11-20(12-10-19)30-15-13-29(14-16-30)18-31-25(32)17-27(26(31)33)23-7-3-1-5-21(23)22-6-2-4-8-24(22)27/h1-12H,13-18H2. The topological polar surface area (TPSA) is 43.9 Å². The first-order chi connectivity index (χ1) is 16.1. The van der Waals surface area contributed by atoms with Crippen LogP contribution in [0.2, 0.25) is 0 Å². The van der Waals surface area contributed by atoms with Gasteiger partial charge < -0.3 is 4.90 Å². The number of halogens is 1. The van der Waals surface area contributed by atoms with E-state index in [0.29, 0.717) is 6.67 Å². The number of rotatable bonds is 3. The van der Waals surface area contributed by atoms with Gasteiger partial charge in [-0.3, -0.25) is 19.4 Å². The minimum absolute atomic E-state index is 0.118. The first kappa shape index (κ1) is 20.1. The summed E-state index contributed by atoms with van der Waals surface area (Å²) in [6, 6.07) is 22.4. The fourth-order valence-electron chi connectivity index (χ4n) is 5.63. The van der Waals surface area contributed by atoms with Gasteiger partial charge in [0, 0.05) is 38.3 Å². The summed E-state index contributed by atoms with van der Waals surface area (Å²) in [7, 11) is 0. The maximum Gasteiger partial charge on any atom is 0.245 e. The van der Waals surface area contributed by atoms with Crippen LogP contribution in [-0.4, -0.2) is 54.5 Å². The van der Waals surface area contributed by atoms with Crippen LogP contribution in [0.5, 0.6) is 0 Å². The highest BCUT2D eigenvalue weighted by Crippen LogP contribution is 2.54. The second kappa shape index (κ2) is 7.52. The first-order valence-corrected chi connectivity index (χ1v) is 11.3. The number of likely N-dealkylation sites (tertiary alicyclic amines) is 1. The van der Waals surface area contributed by atoms with Gasteiger partial charge in [-0.05, 0) is 46.5 Å². The molecule has 166 valence electrons. The van der Waals surface area contributed by atoms with Crippen LogP contribution < -0.4 is 4.90 Å². The number of hydrogen-bond donors (Lipinski definition) is 0. The molecule has 5 nitrogen and oxygen atoms in total. The van der Waals surface area contributed by atoms with E-state index in [-0.39, 0.29) is 24.1 Å². The van der Waals surface area contributed by atoms with E-state index in [1.54, 1.807) is 12.1 Å². The average molecular weight is 442 g/mol. The Balaban J connectivity index is 1.23. The summed E-state index contributed by atoms with van der Waals surface area (Å²) in [5, 5.41) is 0. The Morgan fingerprint density at radius 3 is 1.94 bits per heavy atom. The number of hydrogen-bond acceptors (Lipinski definition) is 4. The zero-order valence-corrected chi connectivity index (χ0v) is 18.2.